The van der Waals surface area contributed by atoms with Gasteiger partial charge in [0.2, 0.25) is 17.8 Å². The van der Waals surface area contributed by atoms with Gasteiger partial charge >= 0.3 is 0 Å². The van der Waals surface area contributed by atoms with E-state index in [4.69, 9.17) is 21.3 Å². The summed E-state index contributed by atoms with van der Waals surface area (Å²) in [4.78, 5) is 16.1. The van der Waals surface area contributed by atoms with Crippen LogP contribution in [0.2, 0.25) is 5.02 Å². The number of rotatable bonds is 5. The molecule has 0 unspecified atom stereocenters. The molecule has 0 amide bonds. The second-order valence-corrected chi connectivity index (χ2v) is 7.86. The average Bonchev–Trinajstić information content (AvgIpc) is 2.72. The fourth-order valence-electron chi connectivity index (χ4n) is 3.62. The highest BCUT2D eigenvalue weighted by atomic mass is 35.5. The van der Waals surface area contributed by atoms with E-state index in [2.05, 4.69) is 25.5 Å². The molecule has 2 heterocycles. The van der Waals surface area contributed by atoms with Gasteiger partial charge in [-0.1, -0.05) is 36.9 Å². The Balaban J connectivity index is 0.00000240. The number of hydrogen-bond donors (Lipinski definition) is 2. The molecule has 9 heteroatoms. The Morgan fingerprint density at radius 2 is 1.76 bits per heavy atom. The van der Waals surface area contributed by atoms with Gasteiger partial charge < -0.3 is 20.3 Å². The lowest BCUT2D eigenvalue weighted by atomic mass is 9.96. The van der Waals surface area contributed by atoms with E-state index in [1.165, 1.54) is 19.3 Å². The van der Waals surface area contributed by atoms with Gasteiger partial charge in [-0.25, -0.2) is 0 Å². The molecule has 1 saturated carbocycles. The Morgan fingerprint density at radius 3 is 2.48 bits per heavy atom. The zero-order valence-electron chi connectivity index (χ0n) is 16.7. The minimum absolute atomic E-state index is 0. The molecule has 2 fully saturated rings. The van der Waals surface area contributed by atoms with E-state index in [1.807, 2.05) is 25.1 Å². The maximum absolute atomic E-state index is 6.27. The van der Waals surface area contributed by atoms with E-state index in [0.29, 0.717) is 42.1 Å². The van der Waals surface area contributed by atoms with Crippen molar-refractivity contribution in [1.29, 1.82) is 0 Å². The van der Waals surface area contributed by atoms with Gasteiger partial charge in [0, 0.05) is 29.8 Å². The number of benzene rings is 1. The van der Waals surface area contributed by atoms with Gasteiger partial charge in [-0.15, -0.1) is 12.4 Å². The van der Waals surface area contributed by atoms with Crippen molar-refractivity contribution in [2.75, 3.05) is 41.8 Å². The molecule has 0 radical (unpaired) electrons. The van der Waals surface area contributed by atoms with Crippen LogP contribution in [0.5, 0.6) is 0 Å². The molecule has 0 bridgehead atoms. The van der Waals surface area contributed by atoms with Gasteiger partial charge in [-0.2, -0.15) is 15.0 Å². The summed E-state index contributed by atoms with van der Waals surface area (Å²) < 4.78 is 5.46. The topological polar surface area (TPSA) is 75.2 Å². The Bertz CT molecular complexity index is 810. The molecule has 1 aliphatic carbocycles. The summed E-state index contributed by atoms with van der Waals surface area (Å²) in [5, 5.41) is 7.52. The maximum atomic E-state index is 6.27. The number of halogens is 2. The lowest BCUT2D eigenvalue weighted by Gasteiger charge is -2.28. The summed E-state index contributed by atoms with van der Waals surface area (Å²) in [5.74, 6) is 1.83. The van der Waals surface area contributed by atoms with Gasteiger partial charge in [0.25, 0.3) is 0 Å². The summed E-state index contributed by atoms with van der Waals surface area (Å²) >= 11 is 6.27. The van der Waals surface area contributed by atoms with Crippen molar-refractivity contribution >= 4 is 47.5 Å². The first kappa shape index (κ1) is 21.9. The van der Waals surface area contributed by atoms with Crippen molar-refractivity contribution in [2.45, 2.75) is 45.1 Å². The molecule has 1 aromatic heterocycles. The van der Waals surface area contributed by atoms with Crippen LogP contribution >= 0.6 is 24.0 Å². The quantitative estimate of drug-likeness (QED) is 0.706. The number of aromatic nitrogens is 3. The number of aryl methyl sites for hydroxylation is 1. The van der Waals surface area contributed by atoms with Crippen molar-refractivity contribution in [3.05, 3.63) is 28.8 Å². The van der Waals surface area contributed by atoms with E-state index in [9.17, 15) is 0 Å². The number of nitrogens with zero attached hydrogens (tertiary/aromatic N) is 4. The summed E-state index contributed by atoms with van der Waals surface area (Å²) in [6, 6.07) is 6.28. The Labute approximate surface area is 183 Å². The lowest BCUT2D eigenvalue weighted by molar-refractivity contribution is 0.122. The largest absolute Gasteiger partial charge is 0.378 e. The first-order valence-electron chi connectivity index (χ1n) is 10.1. The molecule has 7 nitrogen and oxygen atoms in total. The smallest absolute Gasteiger partial charge is 0.233 e. The molecule has 2 aromatic rings. The number of nitrogens with one attached hydrogen (secondary N) is 2. The predicted molar refractivity (Wildman–Crippen MR) is 120 cm³/mol. The Morgan fingerprint density at radius 1 is 1.03 bits per heavy atom. The highest BCUT2D eigenvalue weighted by Crippen LogP contribution is 2.25. The normalized spacial score (nSPS) is 17.5. The van der Waals surface area contributed by atoms with Gasteiger partial charge in [0.15, 0.2) is 0 Å². The second-order valence-electron chi connectivity index (χ2n) is 7.45. The standard InChI is InChI=1S/C20H27ClN6O.ClH/c1-14-7-8-16(13-17(14)21)23-19-24-18(22-15-5-3-2-4-6-15)25-20(26-19)27-9-11-28-12-10-27;/h7-8,13,15H,2-6,9-12H2,1H3,(H2,22,23,24,25,26);1H. The summed E-state index contributed by atoms with van der Waals surface area (Å²) in [6.07, 6.45) is 6.15. The monoisotopic (exact) mass is 438 g/mol. The molecule has 0 atom stereocenters. The predicted octanol–water partition coefficient (Wildman–Crippen LogP) is 4.58. The molecule has 0 spiro atoms. The molecular formula is C20H28Cl2N6O. The van der Waals surface area contributed by atoms with Crippen LogP contribution in [0.1, 0.15) is 37.7 Å². The van der Waals surface area contributed by atoms with E-state index >= 15 is 0 Å². The van der Waals surface area contributed by atoms with Gasteiger partial charge in [0.1, 0.15) is 0 Å². The van der Waals surface area contributed by atoms with Crippen LogP contribution < -0.4 is 15.5 Å². The second kappa shape index (κ2) is 10.3. The fraction of sp³-hybridized carbons (Fsp3) is 0.550. The minimum atomic E-state index is 0. The van der Waals surface area contributed by atoms with Crippen LogP contribution in [0.3, 0.4) is 0 Å². The summed E-state index contributed by atoms with van der Waals surface area (Å²) in [5.41, 5.74) is 1.90. The zero-order chi connectivity index (χ0) is 19.3. The maximum Gasteiger partial charge on any atom is 0.233 e. The van der Waals surface area contributed by atoms with Crippen LogP contribution in [0, 0.1) is 6.92 Å². The minimum Gasteiger partial charge on any atom is -0.378 e. The van der Waals surface area contributed by atoms with Crippen LogP contribution in [0.4, 0.5) is 23.5 Å². The molecule has 1 saturated heterocycles. The first-order chi connectivity index (χ1) is 13.7. The zero-order valence-corrected chi connectivity index (χ0v) is 18.2. The van der Waals surface area contributed by atoms with Crippen LogP contribution in [-0.4, -0.2) is 47.3 Å². The van der Waals surface area contributed by atoms with E-state index < -0.39 is 0 Å². The molecule has 4 rings (SSSR count). The molecule has 29 heavy (non-hydrogen) atoms. The van der Waals surface area contributed by atoms with Crippen LogP contribution in [-0.2, 0) is 4.74 Å². The molecule has 1 aliphatic heterocycles. The third kappa shape index (κ3) is 5.84. The molecule has 2 N–H and O–H groups in total. The SMILES string of the molecule is Cc1ccc(Nc2nc(NC3CCCCC3)nc(N3CCOCC3)n2)cc1Cl.Cl. The fourth-order valence-corrected chi connectivity index (χ4v) is 3.80. The van der Waals surface area contributed by atoms with Crippen molar-refractivity contribution in [3.8, 4) is 0 Å². The first-order valence-corrected chi connectivity index (χ1v) is 10.4. The molecular weight excluding hydrogens is 411 g/mol. The third-order valence-electron chi connectivity index (χ3n) is 5.28. The Kier molecular flexibility index (Phi) is 7.75. The number of hydrogen-bond acceptors (Lipinski definition) is 7. The number of ether oxygens (including phenoxy) is 1. The molecule has 1 aromatic carbocycles. The van der Waals surface area contributed by atoms with Gasteiger partial charge in [0.05, 0.1) is 13.2 Å². The average molecular weight is 439 g/mol. The van der Waals surface area contributed by atoms with Crippen LogP contribution in [0.25, 0.3) is 0 Å². The van der Waals surface area contributed by atoms with Gasteiger partial charge in [-0.3, -0.25) is 0 Å². The Hall–Kier alpha value is -1.83. The number of morpholine rings is 1. The van der Waals surface area contributed by atoms with E-state index in [1.54, 1.807) is 0 Å². The third-order valence-corrected chi connectivity index (χ3v) is 5.69. The lowest BCUT2D eigenvalue weighted by Crippen LogP contribution is -2.37. The van der Waals surface area contributed by atoms with Crippen molar-refractivity contribution in [2.24, 2.45) is 0 Å². The van der Waals surface area contributed by atoms with E-state index in [-0.39, 0.29) is 12.4 Å². The summed E-state index contributed by atoms with van der Waals surface area (Å²) in [6.45, 7) is 4.92. The van der Waals surface area contributed by atoms with Crippen molar-refractivity contribution < 1.29 is 4.74 Å². The summed E-state index contributed by atoms with van der Waals surface area (Å²) in [7, 11) is 0. The highest BCUT2D eigenvalue weighted by molar-refractivity contribution is 6.31. The van der Waals surface area contributed by atoms with Crippen LogP contribution in [0.15, 0.2) is 18.2 Å². The van der Waals surface area contributed by atoms with Crippen molar-refractivity contribution in [3.63, 3.8) is 0 Å². The molecule has 158 valence electrons. The number of anilines is 4. The van der Waals surface area contributed by atoms with Crippen molar-refractivity contribution in [1.82, 2.24) is 15.0 Å². The molecule has 2 aliphatic rings. The van der Waals surface area contributed by atoms with E-state index in [0.717, 1.165) is 37.2 Å². The highest BCUT2D eigenvalue weighted by Gasteiger charge is 2.19. The van der Waals surface area contributed by atoms with Gasteiger partial charge in [-0.05, 0) is 37.5 Å².